The lowest BCUT2D eigenvalue weighted by molar-refractivity contribution is 0.0968. The van der Waals surface area contributed by atoms with Gasteiger partial charge < -0.3 is 16.0 Å². The molecule has 3 N–H and O–H groups in total. The van der Waals surface area contributed by atoms with Crippen LogP contribution in [0.5, 0.6) is 0 Å². The van der Waals surface area contributed by atoms with Crippen molar-refractivity contribution in [1.29, 1.82) is 0 Å². The molecule has 0 saturated heterocycles. The molecule has 1 unspecified atom stereocenters. The molecule has 1 aliphatic carbocycles. The summed E-state index contributed by atoms with van der Waals surface area (Å²) in [5, 5.41) is 3.69. The van der Waals surface area contributed by atoms with Crippen molar-refractivity contribution in [3.63, 3.8) is 0 Å². The van der Waals surface area contributed by atoms with E-state index in [9.17, 15) is 0 Å². The zero-order valence-corrected chi connectivity index (χ0v) is 12.8. The minimum absolute atomic E-state index is 0.383. The summed E-state index contributed by atoms with van der Waals surface area (Å²) in [7, 11) is 4.46. The molecule has 0 aromatic carbocycles. The summed E-state index contributed by atoms with van der Waals surface area (Å²) in [5.74, 6) is 1.27. The summed E-state index contributed by atoms with van der Waals surface area (Å²) in [6.45, 7) is 7.50. The number of rotatable bonds is 7. The van der Waals surface area contributed by atoms with Crippen LogP contribution in [0.4, 0.5) is 0 Å². The van der Waals surface area contributed by atoms with Crippen molar-refractivity contribution in [2.45, 2.75) is 51.5 Å². The fraction of sp³-hybridized carbons (Fsp3) is 1.00. The van der Waals surface area contributed by atoms with E-state index in [-0.39, 0.29) is 0 Å². The van der Waals surface area contributed by atoms with Gasteiger partial charge in [-0.25, -0.2) is 0 Å². The van der Waals surface area contributed by atoms with Crippen LogP contribution in [-0.2, 0) is 0 Å². The Labute approximate surface area is 113 Å². The molecule has 1 fully saturated rings. The maximum absolute atomic E-state index is 5.84. The van der Waals surface area contributed by atoms with E-state index in [0.717, 1.165) is 19.6 Å². The topological polar surface area (TPSA) is 41.3 Å². The molecule has 0 spiro atoms. The molecule has 18 heavy (non-hydrogen) atoms. The number of likely N-dealkylation sites (N-methyl/N-ethyl adjacent to an activating group) is 1. The molecule has 3 heteroatoms. The highest BCUT2D eigenvalue weighted by Gasteiger charge is 2.33. The second kappa shape index (κ2) is 7.46. The molecular weight excluding hydrogens is 222 g/mol. The number of hydrogen-bond acceptors (Lipinski definition) is 3. The monoisotopic (exact) mass is 255 g/mol. The van der Waals surface area contributed by atoms with Crippen molar-refractivity contribution in [2.75, 3.05) is 33.7 Å². The third kappa shape index (κ3) is 4.22. The van der Waals surface area contributed by atoms with Gasteiger partial charge in [-0.15, -0.1) is 0 Å². The highest BCUT2D eigenvalue weighted by atomic mass is 15.2. The van der Waals surface area contributed by atoms with Gasteiger partial charge in [0.05, 0.1) is 0 Å². The third-order valence-corrected chi connectivity index (χ3v) is 4.84. The maximum Gasteiger partial charge on any atom is 0.0327 e. The van der Waals surface area contributed by atoms with E-state index in [1.165, 1.54) is 32.1 Å². The minimum atomic E-state index is 0.383. The van der Waals surface area contributed by atoms with Crippen molar-refractivity contribution in [3.8, 4) is 0 Å². The van der Waals surface area contributed by atoms with Crippen LogP contribution in [0, 0.1) is 11.8 Å². The van der Waals surface area contributed by atoms with E-state index in [1.807, 2.05) is 0 Å². The van der Waals surface area contributed by atoms with Gasteiger partial charge in [-0.2, -0.15) is 0 Å². The Kier molecular flexibility index (Phi) is 6.61. The molecule has 1 atom stereocenters. The van der Waals surface area contributed by atoms with E-state index >= 15 is 0 Å². The average molecular weight is 255 g/mol. The molecular formula is C15H33N3. The van der Waals surface area contributed by atoms with Gasteiger partial charge in [-0.1, -0.05) is 33.1 Å². The molecule has 0 radical (unpaired) electrons. The highest BCUT2D eigenvalue weighted by molar-refractivity contribution is 4.92. The first-order valence-corrected chi connectivity index (χ1v) is 7.60. The predicted octanol–water partition coefficient (Wildman–Crippen LogP) is 2.07. The van der Waals surface area contributed by atoms with Gasteiger partial charge in [0, 0.05) is 12.1 Å². The number of nitrogens with zero attached hydrogens (tertiary/aromatic N) is 1. The fourth-order valence-electron chi connectivity index (χ4n) is 3.07. The second-order valence-electron chi connectivity index (χ2n) is 6.55. The molecule has 1 rings (SSSR count). The van der Waals surface area contributed by atoms with E-state index in [4.69, 9.17) is 5.73 Å². The van der Waals surface area contributed by atoms with Gasteiger partial charge in [0.2, 0.25) is 0 Å². The van der Waals surface area contributed by atoms with Crippen LogP contribution < -0.4 is 11.1 Å². The summed E-state index contributed by atoms with van der Waals surface area (Å²) < 4.78 is 0. The fourth-order valence-corrected chi connectivity index (χ4v) is 3.07. The molecule has 0 bridgehead atoms. The normalized spacial score (nSPS) is 21.5. The first-order chi connectivity index (χ1) is 8.52. The quantitative estimate of drug-likeness (QED) is 0.732. The molecule has 1 saturated carbocycles. The molecule has 0 heterocycles. The van der Waals surface area contributed by atoms with Crippen LogP contribution in [0.15, 0.2) is 0 Å². The molecule has 0 aromatic heterocycles. The van der Waals surface area contributed by atoms with Gasteiger partial charge in [0.15, 0.2) is 0 Å². The standard InChI is InChI=1S/C15H33N3/c1-13(2)14(10-16)11-17-12-15(18(3)4)8-6-5-7-9-15/h13-14,17H,5-12,16H2,1-4H3. The Morgan fingerprint density at radius 3 is 2.22 bits per heavy atom. The molecule has 3 nitrogen and oxygen atoms in total. The van der Waals surface area contributed by atoms with Crippen LogP contribution in [0.3, 0.4) is 0 Å². The maximum atomic E-state index is 5.84. The lowest BCUT2D eigenvalue weighted by atomic mass is 9.80. The lowest BCUT2D eigenvalue weighted by Crippen LogP contribution is -2.53. The van der Waals surface area contributed by atoms with E-state index in [1.54, 1.807) is 0 Å². The average Bonchev–Trinajstić information content (AvgIpc) is 2.35. The predicted molar refractivity (Wildman–Crippen MR) is 79.8 cm³/mol. The van der Waals surface area contributed by atoms with Gasteiger partial charge in [-0.3, -0.25) is 0 Å². The van der Waals surface area contributed by atoms with Gasteiger partial charge >= 0.3 is 0 Å². The molecule has 0 amide bonds. The minimum Gasteiger partial charge on any atom is -0.330 e. The number of nitrogens with one attached hydrogen (secondary N) is 1. The zero-order valence-electron chi connectivity index (χ0n) is 12.8. The Bertz CT molecular complexity index is 220. The summed E-state index contributed by atoms with van der Waals surface area (Å²) >= 11 is 0. The van der Waals surface area contributed by atoms with Crippen LogP contribution in [0.2, 0.25) is 0 Å². The Hall–Kier alpha value is -0.120. The lowest BCUT2D eigenvalue weighted by Gasteiger charge is -2.43. The Balaban J connectivity index is 2.43. The first kappa shape index (κ1) is 15.9. The van der Waals surface area contributed by atoms with Crippen LogP contribution in [-0.4, -0.2) is 44.2 Å². The van der Waals surface area contributed by atoms with Crippen molar-refractivity contribution < 1.29 is 0 Å². The summed E-state index contributed by atoms with van der Waals surface area (Å²) in [6, 6.07) is 0. The molecule has 1 aliphatic rings. The van der Waals surface area contributed by atoms with Crippen LogP contribution in [0.1, 0.15) is 46.0 Å². The third-order valence-electron chi connectivity index (χ3n) is 4.84. The smallest absolute Gasteiger partial charge is 0.0327 e. The van der Waals surface area contributed by atoms with Crippen molar-refractivity contribution in [2.24, 2.45) is 17.6 Å². The number of hydrogen-bond donors (Lipinski definition) is 2. The molecule has 0 aromatic rings. The van der Waals surface area contributed by atoms with Crippen LogP contribution in [0.25, 0.3) is 0 Å². The molecule has 108 valence electrons. The van der Waals surface area contributed by atoms with Crippen molar-refractivity contribution in [1.82, 2.24) is 10.2 Å². The van der Waals surface area contributed by atoms with Gasteiger partial charge in [0.1, 0.15) is 0 Å². The van der Waals surface area contributed by atoms with Crippen molar-refractivity contribution in [3.05, 3.63) is 0 Å². The molecule has 0 aliphatic heterocycles. The first-order valence-electron chi connectivity index (χ1n) is 7.60. The van der Waals surface area contributed by atoms with E-state index in [0.29, 0.717) is 17.4 Å². The SMILES string of the molecule is CC(C)C(CN)CNCC1(N(C)C)CCCCC1. The van der Waals surface area contributed by atoms with Gasteiger partial charge in [-0.05, 0) is 51.9 Å². The van der Waals surface area contributed by atoms with E-state index < -0.39 is 0 Å². The second-order valence-corrected chi connectivity index (χ2v) is 6.55. The highest BCUT2D eigenvalue weighted by Crippen LogP contribution is 2.31. The Morgan fingerprint density at radius 1 is 1.17 bits per heavy atom. The summed E-state index contributed by atoms with van der Waals surface area (Å²) in [6.07, 6.45) is 6.84. The zero-order chi connectivity index (χ0) is 13.6. The summed E-state index contributed by atoms with van der Waals surface area (Å²) in [5.41, 5.74) is 6.22. The van der Waals surface area contributed by atoms with Gasteiger partial charge in [0.25, 0.3) is 0 Å². The summed E-state index contributed by atoms with van der Waals surface area (Å²) in [4.78, 5) is 2.44. The Morgan fingerprint density at radius 2 is 1.78 bits per heavy atom. The number of nitrogens with two attached hydrogens (primary N) is 1. The van der Waals surface area contributed by atoms with E-state index in [2.05, 4.69) is 38.2 Å². The van der Waals surface area contributed by atoms with Crippen molar-refractivity contribution >= 4 is 0 Å². The van der Waals surface area contributed by atoms with Crippen LogP contribution >= 0.6 is 0 Å². The largest absolute Gasteiger partial charge is 0.330 e.